The summed E-state index contributed by atoms with van der Waals surface area (Å²) in [6.45, 7) is 2.21. The minimum Gasteiger partial charge on any atom is -0.0651 e. The maximum absolute atomic E-state index is 3.25. The first-order valence-electron chi connectivity index (χ1n) is 4.80. The maximum Gasteiger partial charge on any atom is -0.00991 e. The fraction of sp³-hybridized carbons (Fsp3) is 0.231. The van der Waals surface area contributed by atoms with Gasteiger partial charge in [0.1, 0.15) is 0 Å². The zero-order chi connectivity index (χ0) is 9.10. The third-order valence-electron chi connectivity index (χ3n) is 2.31. The zero-order valence-electron chi connectivity index (χ0n) is 7.88. The molecule has 0 heteroatoms. The SMILES string of the molecule is CCCc1cccc2[c]cccc12. The van der Waals surface area contributed by atoms with Gasteiger partial charge < -0.3 is 0 Å². The Labute approximate surface area is 79.2 Å². The lowest BCUT2D eigenvalue weighted by molar-refractivity contribution is 0.929. The molecular formula is C13H13. The Balaban J connectivity index is 2.61. The van der Waals surface area contributed by atoms with Crippen LogP contribution in [0.25, 0.3) is 10.8 Å². The fourth-order valence-electron chi connectivity index (χ4n) is 1.71. The molecule has 0 aliphatic carbocycles. The van der Waals surface area contributed by atoms with E-state index in [0.717, 1.165) is 6.42 Å². The molecular weight excluding hydrogens is 156 g/mol. The van der Waals surface area contributed by atoms with Crippen LogP contribution < -0.4 is 0 Å². The normalized spacial score (nSPS) is 10.5. The minimum absolute atomic E-state index is 1.16. The quantitative estimate of drug-likeness (QED) is 0.644. The van der Waals surface area contributed by atoms with Crippen molar-refractivity contribution in [1.29, 1.82) is 0 Å². The summed E-state index contributed by atoms with van der Waals surface area (Å²) in [5, 5.41) is 2.58. The Morgan fingerprint density at radius 2 is 2.08 bits per heavy atom. The molecule has 13 heavy (non-hydrogen) atoms. The van der Waals surface area contributed by atoms with Gasteiger partial charge in [-0.15, -0.1) is 0 Å². The molecule has 0 unspecified atom stereocenters. The van der Waals surface area contributed by atoms with Crippen molar-refractivity contribution >= 4 is 10.8 Å². The molecule has 0 aliphatic heterocycles. The Morgan fingerprint density at radius 3 is 2.92 bits per heavy atom. The first kappa shape index (κ1) is 8.31. The highest BCUT2D eigenvalue weighted by atomic mass is 14.0. The molecule has 2 aromatic carbocycles. The Kier molecular flexibility index (Phi) is 2.31. The molecule has 1 radical (unpaired) electrons. The number of hydrogen-bond donors (Lipinski definition) is 0. The maximum atomic E-state index is 3.25. The highest BCUT2D eigenvalue weighted by Gasteiger charge is 1.97. The lowest BCUT2D eigenvalue weighted by Crippen LogP contribution is -1.84. The molecule has 0 aliphatic rings. The smallest absolute Gasteiger partial charge is 0.00991 e. The van der Waals surface area contributed by atoms with Gasteiger partial charge >= 0.3 is 0 Å². The second-order valence-electron chi connectivity index (χ2n) is 3.30. The van der Waals surface area contributed by atoms with Crippen molar-refractivity contribution in [2.45, 2.75) is 19.8 Å². The third-order valence-corrected chi connectivity index (χ3v) is 2.31. The fourth-order valence-corrected chi connectivity index (χ4v) is 1.71. The van der Waals surface area contributed by atoms with Crippen LogP contribution in [0, 0.1) is 6.07 Å². The monoisotopic (exact) mass is 169 g/mol. The number of benzene rings is 2. The largest absolute Gasteiger partial charge is 0.0651 e. The Bertz CT molecular complexity index is 396. The molecule has 0 aromatic heterocycles. The summed E-state index contributed by atoms with van der Waals surface area (Å²) in [4.78, 5) is 0. The predicted molar refractivity (Wildman–Crippen MR) is 56.8 cm³/mol. The molecule has 0 fully saturated rings. The van der Waals surface area contributed by atoms with Crippen LogP contribution in [0.2, 0.25) is 0 Å². The molecule has 2 rings (SSSR count). The molecule has 0 amide bonds. The van der Waals surface area contributed by atoms with E-state index in [-0.39, 0.29) is 0 Å². The van der Waals surface area contributed by atoms with Crippen LogP contribution in [-0.2, 0) is 6.42 Å². The van der Waals surface area contributed by atoms with E-state index in [2.05, 4.69) is 43.3 Å². The second kappa shape index (κ2) is 3.61. The van der Waals surface area contributed by atoms with Crippen LogP contribution >= 0.6 is 0 Å². The van der Waals surface area contributed by atoms with Gasteiger partial charge in [0, 0.05) is 0 Å². The molecule has 0 N–H and O–H groups in total. The van der Waals surface area contributed by atoms with Gasteiger partial charge in [0.15, 0.2) is 0 Å². The van der Waals surface area contributed by atoms with Gasteiger partial charge in [0.05, 0.1) is 0 Å². The molecule has 65 valence electrons. The van der Waals surface area contributed by atoms with Crippen molar-refractivity contribution in [3.63, 3.8) is 0 Å². The number of rotatable bonds is 2. The van der Waals surface area contributed by atoms with Gasteiger partial charge in [-0.1, -0.05) is 49.7 Å². The van der Waals surface area contributed by atoms with E-state index in [1.807, 2.05) is 6.07 Å². The van der Waals surface area contributed by atoms with Crippen LogP contribution in [0.3, 0.4) is 0 Å². The van der Waals surface area contributed by atoms with Gasteiger partial charge in [0.25, 0.3) is 0 Å². The Morgan fingerprint density at radius 1 is 1.15 bits per heavy atom. The molecule has 0 bridgehead atoms. The lowest BCUT2D eigenvalue weighted by Gasteiger charge is -2.03. The third kappa shape index (κ3) is 1.57. The molecule has 0 saturated carbocycles. The molecule has 2 aromatic rings. The van der Waals surface area contributed by atoms with Crippen LogP contribution in [0.1, 0.15) is 18.9 Å². The number of fused-ring (bicyclic) bond motifs is 1. The van der Waals surface area contributed by atoms with Crippen molar-refractivity contribution in [1.82, 2.24) is 0 Å². The van der Waals surface area contributed by atoms with Gasteiger partial charge in [-0.2, -0.15) is 0 Å². The first-order valence-corrected chi connectivity index (χ1v) is 4.80. The second-order valence-corrected chi connectivity index (χ2v) is 3.30. The summed E-state index contributed by atoms with van der Waals surface area (Å²) in [5.41, 5.74) is 1.44. The summed E-state index contributed by atoms with van der Waals surface area (Å²) in [6, 6.07) is 15.9. The van der Waals surface area contributed by atoms with E-state index in [9.17, 15) is 0 Å². The van der Waals surface area contributed by atoms with Crippen LogP contribution in [0.4, 0.5) is 0 Å². The average molecular weight is 169 g/mol. The lowest BCUT2D eigenvalue weighted by atomic mass is 10.0. The summed E-state index contributed by atoms with van der Waals surface area (Å²) in [7, 11) is 0. The zero-order valence-corrected chi connectivity index (χ0v) is 7.88. The van der Waals surface area contributed by atoms with Gasteiger partial charge in [-0.25, -0.2) is 0 Å². The molecule has 0 saturated heterocycles. The van der Waals surface area contributed by atoms with Crippen molar-refractivity contribution in [3.05, 3.63) is 48.0 Å². The summed E-state index contributed by atoms with van der Waals surface area (Å²) >= 11 is 0. The first-order chi connectivity index (χ1) is 6.42. The van der Waals surface area contributed by atoms with Crippen molar-refractivity contribution in [2.75, 3.05) is 0 Å². The van der Waals surface area contributed by atoms with E-state index in [1.165, 1.54) is 22.8 Å². The Hall–Kier alpha value is -1.30. The van der Waals surface area contributed by atoms with Gasteiger partial charge in [-0.3, -0.25) is 0 Å². The highest BCUT2D eigenvalue weighted by Crippen LogP contribution is 2.18. The predicted octanol–water partition coefficient (Wildman–Crippen LogP) is 3.59. The highest BCUT2D eigenvalue weighted by molar-refractivity contribution is 5.85. The summed E-state index contributed by atoms with van der Waals surface area (Å²) in [5.74, 6) is 0. The van der Waals surface area contributed by atoms with E-state index < -0.39 is 0 Å². The summed E-state index contributed by atoms with van der Waals surface area (Å²) < 4.78 is 0. The van der Waals surface area contributed by atoms with E-state index in [0.29, 0.717) is 0 Å². The summed E-state index contributed by atoms with van der Waals surface area (Å²) in [6.07, 6.45) is 2.36. The average Bonchev–Trinajstić information content (AvgIpc) is 2.19. The molecule has 0 spiro atoms. The van der Waals surface area contributed by atoms with Crippen molar-refractivity contribution in [3.8, 4) is 0 Å². The number of aryl methyl sites for hydroxylation is 1. The topological polar surface area (TPSA) is 0 Å². The van der Waals surface area contributed by atoms with Crippen LogP contribution in [-0.4, -0.2) is 0 Å². The van der Waals surface area contributed by atoms with Crippen molar-refractivity contribution < 1.29 is 0 Å². The van der Waals surface area contributed by atoms with Crippen molar-refractivity contribution in [2.24, 2.45) is 0 Å². The molecule has 0 heterocycles. The van der Waals surface area contributed by atoms with Crippen LogP contribution in [0.15, 0.2) is 36.4 Å². The van der Waals surface area contributed by atoms with Crippen LogP contribution in [0.5, 0.6) is 0 Å². The molecule has 0 atom stereocenters. The molecule has 0 nitrogen and oxygen atoms in total. The van der Waals surface area contributed by atoms with Gasteiger partial charge in [-0.05, 0) is 28.8 Å². The standard InChI is InChI=1S/C13H13/c1-2-6-11-8-5-9-12-7-3-4-10-13(11)12/h3-5,8-10H,2,6H2,1H3. The van der Waals surface area contributed by atoms with E-state index in [1.54, 1.807) is 0 Å². The van der Waals surface area contributed by atoms with E-state index >= 15 is 0 Å². The minimum atomic E-state index is 1.16. The number of hydrogen-bond acceptors (Lipinski definition) is 0. The van der Waals surface area contributed by atoms with Gasteiger partial charge in [0.2, 0.25) is 0 Å². The van der Waals surface area contributed by atoms with E-state index in [4.69, 9.17) is 0 Å².